The van der Waals surface area contributed by atoms with Crippen molar-refractivity contribution in [1.82, 2.24) is 5.32 Å². The van der Waals surface area contributed by atoms with E-state index in [1.807, 2.05) is 0 Å². The van der Waals surface area contributed by atoms with Gasteiger partial charge in [0.25, 0.3) is 0 Å². The lowest BCUT2D eigenvalue weighted by atomic mass is 9.97. The Morgan fingerprint density at radius 2 is 1.90 bits per heavy atom. The van der Waals surface area contributed by atoms with E-state index in [2.05, 4.69) is 31.0 Å². The number of halogens is 1. The van der Waals surface area contributed by atoms with Crippen molar-refractivity contribution in [2.24, 2.45) is 5.92 Å². The first-order valence-electron chi connectivity index (χ1n) is 7.20. The normalized spacial score (nSPS) is 10.0. The van der Waals surface area contributed by atoms with Gasteiger partial charge >= 0.3 is 0 Å². The summed E-state index contributed by atoms with van der Waals surface area (Å²) in [5.41, 5.74) is 0.361. The van der Waals surface area contributed by atoms with Crippen molar-refractivity contribution in [3.05, 3.63) is 35.6 Å². The molecule has 0 saturated carbocycles. The highest BCUT2D eigenvalue weighted by Crippen LogP contribution is 2.13. The van der Waals surface area contributed by atoms with Crippen molar-refractivity contribution in [3.8, 4) is 11.8 Å². The Morgan fingerprint density at radius 1 is 1.25 bits per heavy atom. The molecule has 0 heterocycles. The fourth-order valence-corrected chi connectivity index (χ4v) is 2.08. The maximum atomic E-state index is 13.3. The molecule has 0 fully saturated rings. The van der Waals surface area contributed by atoms with E-state index in [0.717, 1.165) is 25.7 Å². The zero-order valence-electron chi connectivity index (χ0n) is 12.2. The van der Waals surface area contributed by atoms with E-state index in [4.69, 9.17) is 0 Å². The van der Waals surface area contributed by atoms with Crippen LogP contribution < -0.4 is 5.32 Å². The molecule has 0 spiro atoms. The number of benzene rings is 1. The summed E-state index contributed by atoms with van der Waals surface area (Å²) in [6, 6.07) is 6.37. The van der Waals surface area contributed by atoms with Crippen molar-refractivity contribution in [2.75, 3.05) is 6.54 Å². The Balaban J connectivity index is 2.48. The summed E-state index contributed by atoms with van der Waals surface area (Å²) in [6.45, 7) is 4.42. The van der Waals surface area contributed by atoms with Crippen LogP contribution in [0, 0.1) is 23.6 Å². The van der Waals surface area contributed by atoms with Crippen LogP contribution in [-0.4, -0.2) is 12.5 Å². The minimum atomic E-state index is -0.332. The molecule has 0 aliphatic carbocycles. The third-order valence-corrected chi connectivity index (χ3v) is 3.09. The summed E-state index contributed by atoms with van der Waals surface area (Å²) in [6.07, 6.45) is 3.80. The van der Waals surface area contributed by atoms with Crippen molar-refractivity contribution < 1.29 is 9.18 Å². The third kappa shape index (κ3) is 5.44. The molecule has 0 aromatic heterocycles. The lowest BCUT2D eigenvalue weighted by Crippen LogP contribution is -2.30. The molecule has 0 aliphatic rings. The monoisotopic (exact) mass is 275 g/mol. The van der Waals surface area contributed by atoms with Crippen molar-refractivity contribution >= 4 is 5.91 Å². The summed E-state index contributed by atoms with van der Waals surface area (Å²) in [4.78, 5) is 11.9. The van der Waals surface area contributed by atoms with E-state index in [1.165, 1.54) is 6.07 Å². The second-order valence-corrected chi connectivity index (χ2v) is 4.77. The maximum absolute atomic E-state index is 13.3. The fraction of sp³-hybridized carbons (Fsp3) is 0.471. The van der Waals surface area contributed by atoms with Crippen LogP contribution in [0.5, 0.6) is 0 Å². The molecule has 1 N–H and O–H groups in total. The van der Waals surface area contributed by atoms with Gasteiger partial charge in [-0.2, -0.15) is 0 Å². The highest BCUT2D eigenvalue weighted by molar-refractivity contribution is 5.78. The summed E-state index contributed by atoms with van der Waals surface area (Å²) >= 11 is 0. The smallest absolute Gasteiger partial charge is 0.223 e. The van der Waals surface area contributed by atoms with Gasteiger partial charge in [0.05, 0.1) is 12.1 Å². The maximum Gasteiger partial charge on any atom is 0.223 e. The predicted molar refractivity (Wildman–Crippen MR) is 79.6 cm³/mol. The summed E-state index contributed by atoms with van der Waals surface area (Å²) < 4.78 is 13.3. The Hall–Kier alpha value is -1.82. The average molecular weight is 275 g/mol. The van der Waals surface area contributed by atoms with Crippen LogP contribution in [0.1, 0.15) is 45.1 Å². The van der Waals surface area contributed by atoms with Gasteiger partial charge in [0.15, 0.2) is 0 Å². The topological polar surface area (TPSA) is 29.1 Å². The van der Waals surface area contributed by atoms with Crippen LogP contribution in [0.4, 0.5) is 4.39 Å². The highest BCUT2D eigenvalue weighted by atomic mass is 19.1. The minimum Gasteiger partial charge on any atom is -0.345 e. The number of hydrogen-bond donors (Lipinski definition) is 1. The highest BCUT2D eigenvalue weighted by Gasteiger charge is 2.15. The van der Waals surface area contributed by atoms with E-state index in [-0.39, 0.29) is 24.2 Å². The third-order valence-electron chi connectivity index (χ3n) is 3.09. The lowest BCUT2D eigenvalue weighted by molar-refractivity contribution is -0.125. The van der Waals surface area contributed by atoms with Crippen molar-refractivity contribution in [3.63, 3.8) is 0 Å². The minimum absolute atomic E-state index is 0.0523. The largest absolute Gasteiger partial charge is 0.345 e. The van der Waals surface area contributed by atoms with Gasteiger partial charge in [0, 0.05) is 5.92 Å². The molecule has 1 amide bonds. The van der Waals surface area contributed by atoms with Gasteiger partial charge in [-0.3, -0.25) is 4.79 Å². The standard InChI is InChI=1S/C17H22FNO/c1-3-8-15(9-4-2)17(20)19-13-7-11-14-10-5-6-12-16(14)18/h5-6,10,12,15H,3-4,8-9,13H2,1-2H3,(H,19,20). The summed E-state index contributed by atoms with van der Waals surface area (Å²) in [7, 11) is 0. The number of carbonyl (C=O) groups excluding carboxylic acids is 1. The van der Waals surface area contributed by atoms with Crippen LogP contribution in [-0.2, 0) is 4.79 Å². The molecular formula is C17H22FNO. The second kappa shape index (κ2) is 9.14. The molecule has 0 aliphatic heterocycles. The number of carbonyl (C=O) groups is 1. The molecule has 108 valence electrons. The molecule has 1 aromatic rings. The Labute approximate surface area is 120 Å². The quantitative estimate of drug-likeness (QED) is 0.791. The second-order valence-electron chi connectivity index (χ2n) is 4.77. The van der Waals surface area contributed by atoms with Gasteiger partial charge in [-0.25, -0.2) is 4.39 Å². The van der Waals surface area contributed by atoms with Gasteiger partial charge in [-0.15, -0.1) is 0 Å². The van der Waals surface area contributed by atoms with E-state index >= 15 is 0 Å². The SMILES string of the molecule is CCCC(CCC)C(=O)NCC#Cc1ccccc1F. The first-order chi connectivity index (χ1) is 9.69. The van der Waals surface area contributed by atoms with Crippen molar-refractivity contribution in [1.29, 1.82) is 0 Å². The number of hydrogen-bond acceptors (Lipinski definition) is 1. The Morgan fingerprint density at radius 3 is 2.50 bits per heavy atom. The molecule has 20 heavy (non-hydrogen) atoms. The zero-order valence-corrected chi connectivity index (χ0v) is 12.2. The molecule has 2 nitrogen and oxygen atoms in total. The van der Waals surface area contributed by atoms with Gasteiger partial charge in [-0.1, -0.05) is 50.7 Å². The molecule has 1 rings (SSSR count). The van der Waals surface area contributed by atoms with Gasteiger partial charge in [0.2, 0.25) is 5.91 Å². The number of rotatable bonds is 6. The van der Waals surface area contributed by atoms with Crippen LogP contribution >= 0.6 is 0 Å². The molecule has 0 radical (unpaired) electrons. The van der Waals surface area contributed by atoms with Crippen LogP contribution in [0.2, 0.25) is 0 Å². The van der Waals surface area contributed by atoms with E-state index < -0.39 is 0 Å². The van der Waals surface area contributed by atoms with Crippen LogP contribution in [0.25, 0.3) is 0 Å². The lowest BCUT2D eigenvalue weighted by Gasteiger charge is -2.13. The van der Waals surface area contributed by atoms with Gasteiger partial charge in [0.1, 0.15) is 5.82 Å². The molecule has 0 unspecified atom stereocenters. The Kier molecular flexibility index (Phi) is 7.42. The van der Waals surface area contributed by atoms with Crippen LogP contribution in [0.3, 0.4) is 0 Å². The van der Waals surface area contributed by atoms with Gasteiger partial charge in [-0.05, 0) is 25.0 Å². The summed E-state index contributed by atoms with van der Waals surface area (Å²) in [5.74, 6) is 5.31. The molecule has 0 saturated heterocycles. The van der Waals surface area contributed by atoms with Crippen LogP contribution in [0.15, 0.2) is 24.3 Å². The number of nitrogens with one attached hydrogen (secondary N) is 1. The predicted octanol–water partition coefficient (Wildman–Crippen LogP) is 3.51. The summed E-state index contributed by atoms with van der Waals surface area (Å²) in [5, 5.41) is 2.81. The average Bonchev–Trinajstić information content (AvgIpc) is 2.45. The number of amides is 1. The van der Waals surface area contributed by atoms with E-state index in [1.54, 1.807) is 18.2 Å². The first-order valence-corrected chi connectivity index (χ1v) is 7.20. The molecule has 0 atom stereocenters. The van der Waals surface area contributed by atoms with Crippen molar-refractivity contribution in [2.45, 2.75) is 39.5 Å². The fourth-order valence-electron chi connectivity index (χ4n) is 2.08. The van der Waals surface area contributed by atoms with E-state index in [0.29, 0.717) is 5.56 Å². The zero-order chi connectivity index (χ0) is 14.8. The van der Waals surface area contributed by atoms with E-state index in [9.17, 15) is 9.18 Å². The molecule has 3 heteroatoms. The molecule has 0 bridgehead atoms. The molecule has 1 aromatic carbocycles. The molecular weight excluding hydrogens is 253 g/mol. The Bertz CT molecular complexity index is 481. The van der Waals surface area contributed by atoms with Gasteiger partial charge < -0.3 is 5.32 Å². The first kappa shape index (κ1) is 16.2.